The van der Waals surface area contributed by atoms with Gasteiger partial charge < -0.3 is 15.1 Å². The summed E-state index contributed by atoms with van der Waals surface area (Å²) >= 11 is 0. The molecule has 0 radical (unpaired) electrons. The predicted molar refractivity (Wildman–Crippen MR) is 112 cm³/mol. The molecule has 1 aliphatic heterocycles. The quantitative estimate of drug-likeness (QED) is 0.739. The van der Waals surface area contributed by atoms with Crippen LogP contribution < -0.4 is 10.2 Å². The van der Waals surface area contributed by atoms with Gasteiger partial charge in [0.25, 0.3) is 5.91 Å². The predicted octanol–water partition coefficient (Wildman–Crippen LogP) is 1.15. The molecule has 0 unspecified atom stereocenters. The summed E-state index contributed by atoms with van der Waals surface area (Å²) in [5.74, 6) is -0.0739. The van der Waals surface area contributed by atoms with E-state index in [1.807, 2.05) is 54.5 Å². The van der Waals surface area contributed by atoms with E-state index in [0.717, 1.165) is 26.1 Å². The highest BCUT2D eigenvalue weighted by molar-refractivity contribution is 5.97. The van der Waals surface area contributed by atoms with E-state index in [9.17, 15) is 9.59 Å². The molecule has 29 heavy (non-hydrogen) atoms. The van der Waals surface area contributed by atoms with Gasteiger partial charge in [0.2, 0.25) is 5.91 Å². The van der Waals surface area contributed by atoms with E-state index < -0.39 is 6.04 Å². The second-order valence-corrected chi connectivity index (χ2v) is 7.81. The molecule has 2 heterocycles. The summed E-state index contributed by atoms with van der Waals surface area (Å²) in [5, 5.41) is 2.99. The van der Waals surface area contributed by atoms with Gasteiger partial charge in [-0.2, -0.15) is 0 Å². The number of nitrogens with zero attached hydrogens (tertiary/aromatic N) is 2. The molecule has 6 nitrogen and oxygen atoms in total. The maximum Gasteiger partial charge on any atom is 0.251 e. The molecule has 0 bridgehead atoms. The number of quaternary nitrogens is 1. The second kappa shape index (κ2) is 10.2. The molecule has 6 heteroatoms. The van der Waals surface area contributed by atoms with Crippen molar-refractivity contribution in [2.24, 2.45) is 5.92 Å². The smallest absolute Gasteiger partial charge is 0.251 e. The van der Waals surface area contributed by atoms with E-state index in [1.54, 1.807) is 12.1 Å². The molecule has 2 aromatic rings. The molecule has 1 fully saturated rings. The average molecular weight is 396 g/mol. The van der Waals surface area contributed by atoms with Crippen LogP contribution in [0.15, 0.2) is 54.9 Å². The van der Waals surface area contributed by atoms with Gasteiger partial charge in [-0.25, -0.2) is 0 Å². The second-order valence-electron chi connectivity index (χ2n) is 7.81. The van der Waals surface area contributed by atoms with Crippen molar-refractivity contribution in [1.29, 1.82) is 0 Å². The molecule has 2 atom stereocenters. The van der Waals surface area contributed by atoms with E-state index in [0.29, 0.717) is 18.7 Å². The summed E-state index contributed by atoms with van der Waals surface area (Å²) in [6.45, 7) is 8.28. The van der Waals surface area contributed by atoms with Crippen molar-refractivity contribution in [3.63, 3.8) is 0 Å². The van der Waals surface area contributed by atoms with Crippen LogP contribution in [0.4, 0.5) is 0 Å². The molecular weight excluding hydrogens is 364 g/mol. The molecule has 1 saturated heterocycles. The largest absolute Gasteiger partial charge is 0.340 e. The molecule has 1 aliphatic rings. The number of pyridine rings is 1. The van der Waals surface area contributed by atoms with Gasteiger partial charge in [0.15, 0.2) is 0 Å². The van der Waals surface area contributed by atoms with E-state index in [1.165, 1.54) is 10.5 Å². The number of rotatable bonds is 7. The highest BCUT2D eigenvalue weighted by Gasteiger charge is 2.33. The van der Waals surface area contributed by atoms with Crippen LogP contribution in [0.5, 0.6) is 0 Å². The Balaban J connectivity index is 1.59. The number of benzene rings is 1. The first-order valence-corrected chi connectivity index (χ1v) is 10.5. The highest BCUT2D eigenvalue weighted by atomic mass is 16.2. The summed E-state index contributed by atoms with van der Waals surface area (Å²) < 4.78 is 0. The molecule has 0 aliphatic carbocycles. The van der Waals surface area contributed by atoms with E-state index in [4.69, 9.17) is 0 Å². The van der Waals surface area contributed by atoms with Gasteiger partial charge in [0.05, 0.1) is 26.2 Å². The van der Waals surface area contributed by atoms with Gasteiger partial charge in [-0.1, -0.05) is 38.5 Å². The number of amides is 2. The van der Waals surface area contributed by atoms with Crippen LogP contribution in [0, 0.1) is 5.92 Å². The molecule has 0 saturated carbocycles. The van der Waals surface area contributed by atoms with Gasteiger partial charge >= 0.3 is 0 Å². The summed E-state index contributed by atoms with van der Waals surface area (Å²) in [6.07, 6.45) is 4.47. The molecule has 2 amide bonds. The number of carbonyl (C=O) groups excluding carboxylic acids is 2. The first kappa shape index (κ1) is 21.0. The fourth-order valence-electron chi connectivity index (χ4n) is 3.70. The summed E-state index contributed by atoms with van der Waals surface area (Å²) in [5.41, 5.74) is 1.85. The molecule has 0 spiro atoms. The molecule has 1 aromatic heterocycles. The third-order valence-corrected chi connectivity index (χ3v) is 5.79. The Morgan fingerprint density at radius 3 is 2.38 bits per heavy atom. The van der Waals surface area contributed by atoms with Gasteiger partial charge in [0, 0.05) is 23.5 Å². The number of nitrogens with one attached hydrogen (secondary N) is 2. The fourth-order valence-corrected chi connectivity index (χ4v) is 3.70. The normalized spacial score (nSPS) is 16.8. The molecule has 3 rings (SSSR count). The molecule has 154 valence electrons. The van der Waals surface area contributed by atoms with E-state index >= 15 is 0 Å². The minimum absolute atomic E-state index is 0.0339. The third kappa shape index (κ3) is 5.64. The lowest BCUT2D eigenvalue weighted by Crippen LogP contribution is -3.13. The minimum atomic E-state index is -0.491. The summed E-state index contributed by atoms with van der Waals surface area (Å²) in [7, 11) is 0. The lowest BCUT2D eigenvalue weighted by atomic mass is 9.97. The van der Waals surface area contributed by atoms with Gasteiger partial charge in [0.1, 0.15) is 12.6 Å². The monoisotopic (exact) mass is 395 g/mol. The number of aromatic nitrogens is 1. The average Bonchev–Trinajstić information content (AvgIpc) is 2.78. The van der Waals surface area contributed by atoms with Crippen LogP contribution in [-0.2, 0) is 11.3 Å². The Labute approximate surface area is 172 Å². The number of hydrogen-bond acceptors (Lipinski definition) is 3. The van der Waals surface area contributed by atoms with Crippen molar-refractivity contribution in [2.45, 2.75) is 32.9 Å². The van der Waals surface area contributed by atoms with Crippen LogP contribution in [0.2, 0.25) is 0 Å². The van der Waals surface area contributed by atoms with E-state index in [-0.39, 0.29) is 17.7 Å². The minimum Gasteiger partial charge on any atom is -0.340 e. The number of piperazine rings is 1. The molecular formula is C23H31N4O2+. The Morgan fingerprint density at radius 2 is 1.76 bits per heavy atom. The Kier molecular flexibility index (Phi) is 7.36. The van der Waals surface area contributed by atoms with Gasteiger partial charge in [-0.3, -0.25) is 14.6 Å². The van der Waals surface area contributed by atoms with Gasteiger partial charge in [-0.15, -0.1) is 0 Å². The first-order valence-electron chi connectivity index (χ1n) is 10.5. The lowest BCUT2D eigenvalue weighted by Gasteiger charge is -2.35. The maximum atomic E-state index is 13.2. The first-order chi connectivity index (χ1) is 14.1. The topological polar surface area (TPSA) is 66.7 Å². The van der Waals surface area contributed by atoms with Crippen molar-refractivity contribution in [3.8, 4) is 0 Å². The zero-order chi connectivity index (χ0) is 20.6. The number of hydrogen-bond donors (Lipinski definition) is 2. The molecule has 2 N–H and O–H groups in total. The van der Waals surface area contributed by atoms with Crippen molar-refractivity contribution in [1.82, 2.24) is 15.2 Å². The maximum absolute atomic E-state index is 13.2. The number of carbonyl (C=O) groups is 2. The molecule has 1 aromatic carbocycles. The standard InChI is InChI=1S/C23H30N4O2/c1-3-18(2)21(25-22(28)20-7-5-4-6-8-20)23(29)27-15-13-26(14-16-27)17-19-9-11-24-12-10-19/h4-12,18,21H,3,13-17H2,1-2H3,(H,25,28)/p+1/t18-,21-/m0/s1. The zero-order valence-electron chi connectivity index (χ0n) is 17.3. The van der Waals surface area contributed by atoms with Crippen molar-refractivity contribution in [3.05, 3.63) is 66.0 Å². The third-order valence-electron chi connectivity index (χ3n) is 5.79. The van der Waals surface area contributed by atoms with Crippen molar-refractivity contribution >= 4 is 11.8 Å². The summed E-state index contributed by atoms with van der Waals surface area (Å²) in [4.78, 5) is 33.3. The van der Waals surface area contributed by atoms with E-state index in [2.05, 4.69) is 17.2 Å². The van der Waals surface area contributed by atoms with Crippen LogP contribution in [0.1, 0.15) is 36.2 Å². The van der Waals surface area contributed by atoms with Crippen molar-refractivity contribution in [2.75, 3.05) is 26.2 Å². The van der Waals surface area contributed by atoms with Crippen LogP contribution in [0.25, 0.3) is 0 Å². The lowest BCUT2D eigenvalue weighted by molar-refractivity contribution is -0.917. The Morgan fingerprint density at radius 1 is 1.10 bits per heavy atom. The Hall–Kier alpha value is -2.73. The van der Waals surface area contributed by atoms with Crippen LogP contribution in [-0.4, -0.2) is 53.9 Å². The zero-order valence-corrected chi connectivity index (χ0v) is 17.3. The Bertz CT molecular complexity index is 789. The van der Waals surface area contributed by atoms with Gasteiger partial charge in [-0.05, 0) is 30.2 Å². The van der Waals surface area contributed by atoms with Crippen molar-refractivity contribution < 1.29 is 14.5 Å². The SMILES string of the molecule is CC[C@H](C)[C@H](NC(=O)c1ccccc1)C(=O)N1CC[NH+](Cc2ccncc2)CC1. The fraction of sp³-hybridized carbons (Fsp3) is 0.435. The summed E-state index contributed by atoms with van der Waals surface area (Å²) in [6, 6.07) is 12.7. The van der Waals surface area contributed by atoms with Crippen LogP contribution >= 0.6 is 0 Å². The highest BCUT2D eigenvalue weighted by Crippen LogP contribution is 2.13. The van der Waals surface area contributed by atoms with Crippen LogP contribution in [0.3, 0.4) is 0 Å².